The van der Waals surface area contributed by atoms with Crippen LogP contribution in [0.5, 0.6) is 5.75 Å². The van der Waals surface area contributed by atoms with Gasteiger partial charge in [0.05, 0.1) is 0 Å². The fraction of sp³-hybridized carbons (Fsp3) is 0. The summed E-state index contributed by atoms with van der Waals surface area (Å²) in [5, 5.41) is 30.0. The second-order valence-corrected chi connectivity index (χ2v) is 4.96. The lowest BCUT2D eigenvalue weighted by Gasteiger charge is -2.03. The Morgan fingerprint density at radius 1 is 0.941 bits per heavy atom. The van der Waals surface area contributed by atoms with Gasteiger partial charge in [0.2, 0.25) is 0 Å². The molecular formula is C12H9BO3S. The predicted octanol–water partition coefficient (Wildman–Crippen LogP) is 1.44. The highest BCUT2D eigenvalue weighted by molar-refractivity contribution is 7.25. The van der Waals surface area contributed by atoms with Gasteiger partial charge in [-0.2, -0.15) is 0 Å². The zero-order valence-electron chi connectivity index (χ0n) is 8.79. The quantitative estimate of drug-likeness (QED) is 0.567. The van der Waals surface area contributed by atoms with E-state index in [1.807, 2.05) is 24.3 Å². The fourth-order valence-electron chi connectivity index (χ4n) is 1.98. The van der Waals surface area contributed by atoms with Crippen molar-refractivity contribution < 1.29 is 15.2 Å². The molecule has 0 fully saturated rings. The molecule has 0 unspecified atom stereocenters. The van der Waals surface area contributed by atoms with Gasteiger partial charge in [-0.1, -0.05) is 18.2 Å². The maximum absolute atomic E-state index is 9.69. The Labute approximate surface area is 102 Å². The number of phenols is 1. The Kier molecular flexibility index (Phi) is 2.33. The number of fused-ring (bicyclic) bond motifs is 3. The number of aromatic hydroxyl groups is 1. The SMILES string of the molecule is OB(O)c1cc2c(cc1O)sc1ccccc12. The first-order valence-corrected chi connectivity index (χ1v) is 5.99. The first kappa shape index (κ1) is 10.6. The minimum atomic E-state index is -1.65. The predicted molar refractivity (Wildman–Crippen MR) is 70.8 cm³/mol. The van der Waals surface area contributed by atoms with Crippen LogP contribution >= 0.6 is 11.3 Å². The van der Waals surface area contributed by atoms with E-state index < -0.39 is 7.12 Å². The second-order valence-electron chi connectivity index (χ2n) is 3.88. The third-order valence-electron chi connectivity index (χ3n) is 2.80. The van der Waals surface area contributed by atoms with E-state index in [-0.39, 0.29) is 11.2 Å². The van der Waals surface area contributed by atoms with Crippen molar-refractivity contribution in [2.24, 2.45) is 0 Å². The molecule has 0 amide bonds. The smallest absolute Gasteiger partial charge is 0.492 e. The second kappa shape index (κ2) is 3.73. The van der Waals surface area contributed by atoms with Crippen molar-refractivity contribution in [2.45, 2.75) is 0 Å². The normalized spacial score (nSPS) is 11.2. The van der Waals surface area contributed by atoms with Crippen LogP contribution in [0.1, 0.15) is 0 Å². The van der Waals surface area contributed by atoms with Crippen molar-refractivity contribution in [1.82, 2.24) is 0 Å². The maximum atomic E-state index is 9.69. The van der Waals surface area contributed by atoms with Crippen LogP contribution in [-0.2, 0) is 0 Å². The van der Waals surface area contributed by atoms with Crippen molar-refractivity contribution in [3.8, 4) is 5.75 Å². The van der Waals surface area contributed by atoms with Crippen molar-refractivity contribution in [2.75, 3.05) is 0 Å². The minimum absolute atomic E-state index is 0.0842. The highest BCUT2D eigenvalue weighted by Gasteiger charge is 2.18. The number of rotatable bonds is 1. The molecule has 3 rings (SSSR count). The molecule has 5 heteroatoms. The van der Waals surface area contributed by atoms with Crippen LogP contribution < -0.4 is 5.46 Å². The van der Waals surface area contributed by atoms with Crippen molar-refractivity contribution in [1.29, 1.82) is 0 Å². The number of benzene rings is 2. The van der Waals surface area contributed by atoms with Crippen molar-refractivity contribution >= 4 is 44.1 Å². The van der Waals surface area contributed by atoms with Crippen LogP contribution in [0, 0.1) is 0 Å². The maximum Gasteiger partial charge on any atom is 0.492 e. The number of hydrogen-bond acceptors (Lipinski definition) is 4. The first-order chi connectivity index (χ1) is 8.16. The van der Waals surface area contributed by atoms with Crippen LogP contribution in [0.2, 0.25) is 0 Å². The largest absolute Gasteiger partial charge is 0.508 e. The lowest BCUT2D eigenvalue weighted by molar-refractivity contribution is 0.420. The van der Waals surface area contributed by atoms with E-state index in [4.69, 9.17) is 0 Å². The number of hydrogen-bond donors (Lipinski definition) is 3. The average molecular weight is 244 g/mol. The molecule has 0 saturated heterocycles. The Hall–Kier alpha value is -1.56. The fourth-order valence-corrected chi connectivity index (χ4v) is 3.11. The van der Waals surface area contributed by atoms with Gasteiger partial charge >= 0.3 is 7.12 Å². The molecule has 3 N–H and O–H groups in total. The molecule has 0 saturated carbocycles. The van der Waals surface area contributed by atoms with Gasteiger partial charge in [-0.05, 0) is 18.2 Å². The first-order valence-electron chi connectivity index (χ1n) is 5.17. The standard InChI is InChI=1S/C12H9BO3S/c14-10-6-12-8(5-9(10)13(15)16)7-3-1-2-4-11(7)17-12/h1-6,14-16H. The molecule has 3 nitrogen and oxygen atoms in total. The molecule has 0 spiro atoms. The molecule has 1 aromatic heterocycles. The van der Waals surface area contributed by atoms with Crippen LogP contribution in [0.25, 0.3) is 20.2 Å². The van der Waals surface area contributed by atoms with Gasteiger partial charge < -0.3 is 15.2 Å². The third kappa shape index (κ3) is 1.60. The van der Waals surface area contributed by atoms with E-state index in [9.17, 15) is 15.2 Å². The molecule has 84 valence electrons. The Bertz CT molecular complexity index is 705. The summed E-state index contributed by atoms with van der Waals surface area (Å²) in [7, 11) is -1.65. The third-order valence-corrected chi connectivity index (χ3v) is 3.94. The molecule has 0 aliphatic carbocycles. The van der Waals surface area contributed by atoms with E-state index in [0.717, 1.165) is 20.2 Å². The summed E-state index contributed by atoms with van der Waals surface area (Å²) in [6.45, 7) is 0. The van der Waals surface area contributed by atoms with Crippen molar-refractivity contribution in [3.05, 3.63) is 36.4 Å². The Morgan fingerprint density at radius 3 is 2.47 bits per heavy atom. The van der Waals surface area contributed by atoms with E-state index in [0.29, 0.717) is 0 Å². The zero-order chi connectivity index (χ0) is 12.0. The molecule has 0 aliphatic rings. The minimum Gasteiger partial charge on any atom is -0.508 e. The van der Waals surface area contributed by atoms with Crippen molar-refractivity contribution in [3.63, 3.8) is 0 Å². The summed E-state index contributed by atoms with van der Waals surface area (Å²) >= 11 is 1.57. The molecule has 0 bridgehead atoms. The van der Waals surface area contributed by atoms with Crippen LogP contribution in [0.4, 0.5) is 0 Å². The average Bonchev–Trinajstić information content (AvgIpc) is 2.64. The van der Waals surface area contributed by atoms with Gasteiger partial charge in [0.15, 0.2) is 0 Å². The van der Waals surface area contributed by atoms with E-state index in [2.05, 4.69) is 0 Å². The summed E-state index contributed by atoms with van der Waals surface area (Å²) in [5.74, 6) is -0.0842. The number of phenolic OH excluding ortho intramolecular Hbond substituents is 1. The van der Waals surface area contributed by atoms with E-state index >= 15 is 0 Å². The van der Waals surface area contributed by atoms with Gasteiger partial charge in [-0.15, -0.1) is 11.3 Å². The lowest BCUT2D eigenvalue weighted by Crippen LogP contribution is -2.29. The zero-order valence-corrected chi connectivity index (χ0v) is 9.61. The molecule has 1 heterocycles. The van der Waals surface area contributed by atoms with Crippen LogP contribution in [0.3, 0.4) is 0 Å². The molecule has 3 aromatic rings. The molecule has 2 aromatic carbocycles. The van der Waals surface area contributed by atoms with Gasteiger partial charge in [0.25, 0.3) is 0 Å². The van der Waals surface area contributed by atoms with E-state index in [1.165, 1.54) is 0 Å². The van der Waals surface area contributed by atoms with Crippen LogP contribution in [-0.4, -0.2) is 22.3 Å². The molecule has 17 heavy (non-hydrogen) atoms. The monoisotopic (exact) mass is 244 g/mol. The lowest BCUT2D eigenvalue weighted by atomic mass is 9.79. The van der Waals surface area contributed by atoms with E-state index in [1.54, 1.807) is 23.5 Å². The van der Waals surface area contributed by atoms with Gasteiger partial charge in [0, 0.05) is 25.6 Å². The summed E-state index contributed by atoms with van der Waals surface area (Å²) in [6.07, 6.45) is 0. The van der Waals surface area contributed by atoms with Gasteiger partial charge in [-0.25, -0.2) is 0 Å². The highest BCUT2D eigenvalue weighted by atomic mass is 32.1. The Balaban J connectivity index is 2.43. The molecule has 0 radical (unpaired) electrons. The number of thiophene rings is 1. The molecular weight excluding hydrogens is 235 g/mol. The van der Waals surface area contributed by atoms with Gasteiger partial charge in [-0.3, -0.25) is 0 Å². The van der Waals surface area contributed by atoms with Gasteiger partial charge in [0.1, 0.15) is 5.75 Å². The Morgan fingerprint density at radius 2 is 1.71 bits per heavy atom. The summed E-state index contributed by atoms with van der Waals surface area (Å²) < 4.78 is 2.06. The summed E-state index contributed by atoms with van der Waals surface area (Å²) in [6, 6.07) is 11.1. The molecule has 0 aliphatic heterocycles. The summed E-state index contributed by atoms with van der Waals surface area (Å²) in [4.78, 5) is 0. The van der Waals surface area contributed by atoms with Crippen LogP contribution in [0.15, 0.2) is 36.4 Å². The highest BCUT2D eigenvalue weighted by Crippen LogP contribution is 2.34. The molecule has 0 atom stereocenters. The summed E-state index contributed by atoms with van der Waals surface area (Å²) in [5.41, 5.74) is 0.140. The topological polar surface area (TPSA) is 60.7 Å².